The average molecular weight is 275 g/mol. The lowest BCUT2D eigenvalue weighted by atomic mass is 10.0. The van der Waals surface area contributed by atoms with Crippen LogP contribution in [-0.4, -0.2) is 16.3 Å². The second kappa shape index (κ2) is 7.80. The summed E-state index contributed by atoms with van der Waals surface area (Å²) in [5.74, 6) is -0.181. The van der Waals surface area contributed by atoms with Gasteiger partial charge in [-0.05, 0) is 30.2 Å². The molecule has 1 atom stereocenters. The lowest BCUT2D eigenvalue weighted by Crippen LogP contribution is -2.25. The first kappa shape index (κ1) is 14.7. The van der Waals surface area contributed by atoms with Crippen LogP contribution in [0.25, 0.3) is 0 Å². The van der Waals surface area contributed by atoms with Crippen LogP contribution in [0.3, 0.4) is 0 Å². The highest BCUT2D eigenvalue weighted by Crippen LogP contribution is 2.19. The van der Waals surface area contributed by atoms with E-state index in [4.69, 9.17) is 0 Å². The third-order valence-electron chi connectivity index (χ3n) is 3.41. The van der Waals surface area contributed by atoms with E-state index in [1.807, 2.05) is 29.1 Å². The molecule has 0 bridgehead atoms. The number of nitrogens with zero attached hydrogens (tertiary/aromatic N) is 2. The van der Waals surface area contributed by atoms with Crippen molar-refractivity contribution < 1.29 is 4.39 Å². The fourth-order valence-electron chi connectivity index (χ4n) is 2.28. The normalized spacial score (nSPS) is 12.5. The van der Waals surface area contributed by atoms with Gasteiger partial charge >= 0.3 is 0 Å². The van der Waals surface area contributed by atoms with Gasteiger partial charge in [-0.1, -0.05) is 31.9 Å². The van der Waals surface area contributed by atoms with Crippen molar-refractivity contribution in [3.8, 4) is 0 Å². The molecule has 2 aromatic rings. The van der Waals surface area contributed by atoms with E-state index in [0.29, 0.717) is 0 Å². The van der Waals surface area contributed by atoms with Crippen LogP contribution in [0.1, 0.15) is 37.8 Å². The van der Waals surface area contributed by atoms with Gasteiger partial charge in [0.25, 0.3) is 0 Å². The van der Waals surface area contributed by atoms with Crippen molar-refractivity contribution >= 4 is 0 Å². The molecule has 108 valence electrons. The van der Waals surface area contributed by atoms with Crippen LogP contribution in [0.2, 0.25) is 0 Å². The summed E-state index contributed by atoms with van der Waals surface area (Å²) < 4.78 is 14.9. The van der Waals surface area contributed by atoms with Crippen LogP contribution in [-0.2, 0) is 6.54 Å². The van der Waals surface area contributed by atoms with Crippen molar-refractivity contribution in [2.45, 2.75) is 38.8 Å². The molecular weight excluding hydrogens is 253 g/mol. The molecule has 0 amide bonds. The third kappa shape index (κ3) is 4.46. The molecular formula is C16H22FN3. The van der Waals surface area contributed by atoms with Crippen LogP contribution in [0.4, 0.5) is 4.39 Å². The molecule has 2 rings (SSSR count). The molecule has 0 saturated heterocycles. The quantitative estimate of drug-likeness (QED) is 0.798. The number of benzene rings is 1. The Kier molecular flexibility index (Phi) is 5.74. The smallest absolute Gasteiger partial charge is 0.123 e. The molecule has 0 aliphatic heterocycles. The standard InChI is InChI=1S/C16H22FN3/c1-2-3-5-16(14-6-8-15(17)9-7-14)18-11-13-20-12-4-10-19-20/h4,6-10,12,16,18H,2-3,5,11,13H2,1H3. The summed E-state index contributed by atoms with van der Waals surface area (Å²) >= 11 is 0. The molecule has 4 heteroatoms. The van der Waals surface area contributed by atoms with Crippen molar-refractivity contribution in [1.29, 1.82) is 0 Å². The Morgan fingerprint density at radius 1 is 1.30 bits per heavy atom. The Morgan fingerprint density at radius 2 is 2.10 bits per heavy atom. The zero-order valence-electron chi connectivity index (χ0n) is 11.9. The summed E-state index contributed by atoms with van der Waals surface area (Å²) in [5.41, 5.74) is 1.15. The zero-order chi connectivity index (χ0) is 14.2. The van der Waals surface area contributed by atoms with E-state index in [1.54, 1.807) is 6.20 Å². The maximum Gasteiger partial charge on any atom is 0.123 e. The van der Waals surface area contributed by atoms with E-state index in [2.05, 4.69) is 17.3 Å². The highest BCUT2D eigenvalue weighted by molar-refractivity contribution is 5.19. The Bertz CT molecular complexity index is 479. The van der Waals surface area contributed by atoms with Crippen molar-refractivity contribution in [2.24, 2.45) is 0 Å². The van der Waals surface area contributed by atoms with Gasteiger partial charge in [0, 0.05) is 25.0 Å². The van der Waals surface area contributed by atoms with E-state index < -0.39 is 0 Å². The van der Waals surface area contributed by atoms with Crippen molar-refractivity contribution in [3.63, 3.8) is 0 Å². The molecule has 3 nitrogen and oxygen atoms in total. The Morgan fingerprint density at radius 3 is 2.75 bits per heavy atom. The van der Waals surface area contributed by atoms with Gasteiger partial charge in [-0.2, -0.15) is 5.10 Å². The molecule has 0 saturated carbocycles. The number of nitrogens with one attached hydrogen (secondary N) is 1. The van der Waals surface area contributed by atoms with Gasteiger partial charge in [0.2, 0.25) is 0 Å². The molecule has 0 aliphatic rings. The molecule has 1 heterocycles. The third-order valence-corrected chi connectivity index (χ3v) is 3.41. The first-order chi connectivity index (χ1) is 9.79. The van der Waals surface area contributed by atoms with Crippen molar-refractivity contribution in [2.75, 3.05) is 6.54 Å². The van der Waals surface area contributed by atoms with Crippen LogP contribution in [0.5, 0.6) is 0 Å². The zero-order valence-corrected chi connectivity index (χ0v) is 11.9. The molecule has 1 aromatic heterocycles. The number of aromatic nitrogens is 2. The van der Waals surface area contributed by atoms with Crippen LogP contribution in [0, 0.1) is 5.82 Å². The first-order valence-electron chi connectivity index (χ1n) is 7.26. The van der Waals surface area contributed by atoms with E-state index >= 15 is 0 Å². The highest BCUT2D eigenvalue weighted by atomic mass is 19.1. The van der Waals surface area contributed by atoms with E-state index in [1.165, 1.54) is 18.6 Å². The fraction of sp³-hybridized carbons (Fsp3) is 0.438. The van der Waals surface area contributed by atoms with Gasteiger partial charge in [-0.3, -0.25) is 4.68 Å². The lowest BCUT2D eigenvalue weighted by molar-refractivity contribution is 0.452. The largest absolute Gasteiger partial charge is 0.308 e. The molecule has 1 aromatic carbocycles. The summed E-state index contributed by atoms with van der Waals surface area (Å²) in [6.45, 7) is 3.88. The maximum atomic E-state index is 13.0. The minimum absolute atomic E-state index is 0.181. The predicted octanol–water partition coefficient (Wildman–Crippen LogP) is 3.54. The Hall–Kier alpha value is -1.68. The average Bonchev–Trinajstić information content (AvgIpc) is 2.97. The molecule has 0 spiro atoms. The topological polar surface area (TPSA) is 29.9 Å². The predicted molar refractivity (Wildman–Crippen MR) is 78.9 cm³/mol. The summed E-state index contributed by atoms with van der Waals surface area (Å²) in [4.78, 5) is 0. The summed E-state index contributed by atoms with van der Waals surface area (Å²) in [6.07, 6.45) is 7.14. The summed E-state index contributed by atoms with van der Waals surface area (Å²) in [6, 6.07) is 9.01. The minimum atomic E-state index is -0.181. The van der Waals surface area contributed by atoms with Crippen LogP contribution >= 0.6 is 0 Å². The molecule has 1 N–H and O–H groups in total. The lowest BCUT2D eigenvalue weighted by Gasteiger charge is -2.19. The van der Waals surface area contributed by atoms with Gasteiger partial charge in [-0.15, -0.1) is 0 Å². The van der Waals surface area contributed by atoms with E-state index in [-0.39, 0.29) is 11.9 Å². The van der Waals surface area contributed by atoms with Crippen molar-refractivity contribution in [3.05, 3.63) is 54.1 Å². The van der Waals surface area contributed by atoms with Crippen LogP contribution in [0.15, 0.2) is 42.7 Å². The number of hydrogen-bond donors (Lipinski definition) is 1. The molecule has 0 radical (unpaired) electrons. The fourth-order valence-corrected chi connectivity index (χ4v) is 2.28. The van der Waals surface area contributed by atoms with Gasteiger partial charge in [0.15, 0.2) is 0 Å². The SMILES string of the molecule is CCCCC(NCCn1cccn1)c1ccc(F)cc1. The first-order valence-corrected chi connectivity index (χ1v) is 7.26. The van der Waals surface area contributed by atoms with Crippen LogP contribution < -0.4 is 5.32 Å². The number of hydrogen-bond acceptors (Lipinski definition) is 2. The molecule has 20 heavy (non-hydrogen) atoms. The summed E-state index contributed by atoms with van der Waals surface area (Å²) in [5, 5.41) is 7.73. The molecule has 0 aliphatic carbocycles. The van der Waals surface area contributed by atoms with Crippen molar-refractivity contribution in [1.82, 2.24) is 15.1 Å². The van der Waals surface area contributed by atoms with Gasteiger partial charge in [-0.25, -0.2) is 4.39 Å². The summed E-state index contributed by atoms with van der Waals surface area (Å²) in [7, 11) is 0. The second-order valence-electron chi connectivity index (χ2n) is 4.97. The monoisotopic (exact) mass is 275 g/mol. The van der Waals surface area contributed by atoms with Gasteiger partial charge in [0.05, 0.1) is 6.54 Å². The number of halogens is 1. The maximum absolute atomic E-state index is 13.0. The number of unbranched alkanes of at least 4 members (excludes halogenated alkanes) is 1. The van der Waals surface area contributed by atoms with Gasteiger partial charge < -0.3 is 5.32 Å². The minimum Gasteiger partial charge on any atom is -0.308 e. The van der Waals surface area contributed by atoms with E-state index in [9.17, 15) is 4.39 Å². The Balaban J connectivity index is 1.90. The second-order valence-corrected chi connectivity index (χ2v) is 4.97. The highest BCUT2D eigenvalue weighted by Gasteiger charge is 2.10. The van der Waals surface area contributed by atoms with E-state index in [0.717, 1.165) is 31.5 Å². The number of rotatable bonds is 8. The Labute approximate surface area is 119 Å². The molecule has 0 fully saturated rings. The molecule has 1 unspecified atom stereocenters. The van der Waals surface area contributed by atoms with Gasteiger partial charge in [0.1, 0.15) is 5.82 Å².